The van der Waals surface area contributed by atoms with Gasteiger partial charge in [0.1, 0.15) is 12.5 Å². The molecule has 0 radical (unpaired) electrons. The summed E-state index contributed by atoms with van der Waals surface area (Å²) in [6.45, 7) is 0.343. The van der Waals surface area contributed by atoms with E-state index >= 15 is 0 Å². The van der Waals surface area contributed by atoms with E-state index in [0.717, 1.165) is 10.9 Å². The van der Waals surface area contributed by atoms with Crippen LogP contribution < -0.4 is 32.0 Å². The van der Waals surface area contributed by atoms with Gasteiger partial charge in [-0.3, -0.25) is 0 Å². The van der Waals surface area contributed by atoms with Crippen molar-refractivity contribution in [1.82, 2.24) is 0 Å². The summed E-state index contributed by atoms with van der Waals surface area (Å²) >= 11 is 0. The topological polar surface area (TPSA) is 122 Å². The smallest absolute Gasteiger partial charge is 0.337 e. The number of nitrogens with zero attached hydrogens (tertiary/aromatic N) is 2. The van der Waals surface area contributed by atoms with E-state index < -0.39 is 12.0 Å². The quantitative estimate of drug-likeness (QED) is 0.569. The van der Waals surface area contributed by atoms with Gasteiger partial charge in [0, 0.05) is 17.1 Å². The first kappa shape index (κ1) is 19.1. The first-order valence-corrected chi connectivity index (χ1v) is 9.07. The van der Waals surface area contributed by atoms with Crippen LogP contribution in [0.25, 0.3) is 5.82 Å². The third-order valence-corrected chi connectivity index (χ3v) is 4.55. The van der Waals surface area contributed by atoms with E-state index in [1.165, 1.54) is 13.2 Å². The van der Waals surface area contributed by atoms with Gasteiger partial charge >= 0.3 is 12.0 Å². The maximum Gasteiger partial charge on any atom is 0.337 e. The van der Waals surface area contributed by atoms with E-state index in [2.05, 4.69) is 20.4 Å². The van der Waals surface area contributed by atoms with E-state index in [9.17, 15) is 9.59 Å². The maximum absolute atomic E-state index is 12.3. The van der Waals surface area contributed by atoms with Crippen molar-refractivity contribution in [1.29, 1.82) is 0 Å². The molecular formula is C21H19N5O4. The lowest BCUT2D eigenvalue weighted by atomic mass is 10.2. The second-order valence-electron chi connectivity index (χ2n) is 6.45. The number of urea groups is 1. The lowest BCUT2D eigenvalue weighted by Gasteiger charge is -2.24. The normalized spacial score (nSPS) is 12.6. The minimum Gasteiger partial charge on any atom is -0.465 e. The number of benzene rings is 2. The Morgan fingerprint density at radius 1 is 1.10 bits per heavy atom. The second kappa shape index (κ2) is 8.00. The van der Waals surface area contributed by atoms with Gasteiger partial charge < -0.3 is 30.4 Å². The number of hydrogen-bond acceptors (Lipinski definition) is 7. The van der Waals surface area contributed by atoms with Crippen molar-refractivity contribution < 1.29 is 18.7 Å². The number of rotatable bonds is 4. The summed E-state index contributed by atoms with van der Waals surface area (Å²) < 4.78 is 9.96. The summed E-state index contributed by atoms with van der Waals surface area (Å²) in [6, 6.07) is 15.0. The van der Waals surface area contributed by atoms with Crippen molar-refractivity contribution >= 4 is 34.9 Å². The molecule has 0 aliphatic carbocycles. The van der Waals surface area contributed by atoms with Gasteiger partial charge in [0.15, 0.2) is 0 Å². The fourth-order valence-corrected chi connectivity index (χ4v) is 3.06. The minimum absolute atomic E-state index is 0.343. The van der Waals surface area contributed by atoms with Crippen LogP contribution in [0.15, 0.2) is 70.3 Å². The molecule has 2 heterocycles. The van der Waals surface area contributed by atoms with Crippen molar-refractivity contribution in [3.8, 4) is 0 Å². The fraction of sp³-hybridized carbons (Fsp3) is 0.0952. The predicted octanol–water partition coefficient (Wildman–Crippen LogP) is 1.83. The molecule has 0 atom stereocenters. The number of carbonyl (C=O) groups excluding carboxylic acids is 2. The van der Waals surface area contributed by atoms with Gasteiger partial charge in [-0.1, -0.05) is 6.07 Å². The molecule has 1 aromatic heterocycles. The number of amides is 2. The maximum atomic E-state index is 12.3. The van der Waals surface area contributed by atoms with Crippen molar-refractivity contribution in [3.63, 3.8) is 0 Å². The van der Waals surface area contributed by atoms with Crippen LogP contribution in [0.4, 0.5) is 21.9 Å². The van der Waals surface area contributed by atoms with Crippen LogP contribution in [0.2, 0.25) is 0 Å². The average Bonchev–Trinajstić information content (AvgIpc) is 3.24. The molecule has 1 aliphatic rings. The van der Waals surface area contributed by atoms with Gasteiger partial charge in [-0.05, 0) is 48.5 Å². The molecule has 152 valence electrons. The minimum atomic E-state index is -0.474. The summed E-state index contributed by atoms with van der Waals surface area (Å²) in [4.78, 5) is 30.1. The Labute approximate surface area is 171 Å². The number of anilines is 3. The highest BCUT2D eigenvalue weighted by atomic mass is 16.5. The Bertz CT molecular complexity index is 1220. The molecule has 2 amide bonds. The SMILES string of the molecule is COC(=O)c1cccc(NC(=O)Nc2ccc(N3CN=c4occc4=C3N)cc2)c1. The molecule has 2 aromatic carbocycles. The molecule has 9 nitrogen and oxygen atoms in total. The number of methoxy groups -OCH3 is 1. The summed E-state index contributed by atoms with van der Waals surface area (Å²) in [7, 11) is 1.30. The fourth-order valence-electron chi connectivity index (χ4n) is 3.06. The number of furan rings is 1. The van der Waals surface area contributed by atoms with Gasteiger partial charge in [0.05, 0.1) is 24.2 Å². The van der Waals surface area contributed by atoms with E-state index in [-0.39, 0.29) is 0 Å². The lowest BCUT2D eigenvalue weighted by molar-refractivity contribution is 0.0600. The van der Waals surface area contributed by atoms with Gasteiger partial charge in [-0.25, -0.2) is 14.6 Å². The molecule has 1 aliphatic heterocycles. The Hall–Kier alpha value is -4.27. The third-order valence-electron chi connectivity index (χ3n) is 4.55. The van der Waals surface area contributed by atoms with Gasteiger partial charge in [0.25, 0.3) is 0 Å². The molecule has 0 unspecified atom stereocenters. The molecule has 4 rings (SSSR count). The number of carbonyl (C=O) groups is 2. The molecule has 0 fully saturated rings. The van der Waals surface area contributed by atoms with E-state index in [1.807, 2.05) is 17.0 Å². The number of nitrogens with two attached hydrogens (primary N) is 1. The lowest BCUT2D eigenvalue weighted by Crippen LogP contribution is -2.42. The number of hydrogen-bond donors (Lipinski definition) is 3. The van der Waals surface area contributed by atoms with Crippen molar-refractivity contribution in [2.75, 3.05) is 29.3 Å². The zero-order valence-electron chi connectivity index (χ0n) is 16.1. The van der Waals surface area contributed by atoms with Crippen molar-refractivity contribution in [2.45, 2.75) is 0 Å². The highest BCUT2D eigenvalue weighted by Crippen LogP contribution is 2.21. The molecule has 30 heavy (non-hydrogen) atoms. The highest BCUT2D eigenvalue weighted by molar-refractivity contribution is 6.00. The number of esters is 1. The molecule has 0 spiro atoms. The van der Waals surface area contributed by atoms with E-state index in [0.29, 0.717) is 35.0 Å². The van der Waals surface area contributed by atoms with Crippen LogP contribution in [0.1, 0.15) is 10.4 Å². The monoisotopic (exact) mass is 405 g/mol. The number of ether oxygens (including phenoxy) is 1. The molecule has 9 heteroatoms. The summed E-state index contributed by atoms with van der Waals surface area (Å²) in [5, 5.41) is 6.18. The van der Waals surface area contributed by atoms with E-state index in [4.69, 9.17) is 10.2 Å². The van der Waals surface area contributed by atoms with Crippen molar-refractivity contribution in [3.05, 3.63) is 77.2 Å². The first-order valence-electron chi connectivity index (χ1n) is 9.07. The highest BCUT2D eigenvalue weighted by Gasteiger charge is 2.15. The summed E-state index contributed by atoms with van der Waals surface area (Å²) in [5.41, 5.74) is 9.00. The molecule has 3 aromatic rings. The van der Waals surface area contributed by atoms with Crippen LogP contribution >= 0.6 is 0 Å². The standard InChI is InChI=1S/C21H19N5O4/c1-29-20(27)13-3-2-4-15(11-13)25-21(28)24-14-5-7-16(8-6-14)26-12-23-19-17(18(26)22)9-10-30-19/h2-11H,12,22H2,1H3,(H2,24,25,28). The zero-order chi connectivity index (χ0) is 21.1. The largest absolute Gasteiger partial charge is 0.465 e. The van der Waals surface area contributed by atoms with Gasteiger partial charge in [-0.15, -0.1) is 0 Å². The molecular weight excluding hydrogens is 386 g/mol. The van der Waals surface area contributed by atoms with Gasteiger partial charge in [0.2, 0.25) is 5.55 Å². The van der Waals surface area contributed by atoms with Crippen LogP contribution in [0, 0.1) is 0 Å². The number of nitrogens with one attached hydrogen (secondary N) is 2. The Balaban J connectivity index is 1.43. The molecule has 4 N–H and O–H groups in total. The zero-order valence-corrected chi connectivity index (χ0v) is 16.1. The number of fused-ring (bicyclic) bond motifs is 1. The van der Waals surface area contributed by atoms with Crippen LogP contribution in [0.5, 0.6) is 0 Å². The Morgan fingerprint density at radius 3 is 2.63 bits per heavy atom. The van der Waals surface area contributed by atoms with Gasteiger partial charge in [-0.2, -0.15) is 0 Å². The third kappa shape index (κ3) is 3.81. The Morgan fingerprint density at radius 2 is 1.87 bits per heavy atom. The van der Waals surface area contributed by atoms with Crippen LogP contribution in [-0.4, -0.2) is 25.8 Å². The van der Waals surface area contributed by atoms with Crippen molar-refractivity contribution in [2.24, 2.45) is 10.7 Å². The predicted molar refractivity (Wildman–Crippen MR) is 111 cm³/mol. The van der Waals surface area contributed by atoms with Crippen LogP contribution in [0.3, 0.4) is 0 Å². The molecule has 0 saturated carbocycles. The molecule has 0 saturated heterocycles. The average molecular weight is 405 g/mol. The first-order chi connectivity index (χ1) is 14.5. The Kier molecular flexibility index (Phi) is 5.08. The summed E-state index contributed by atoms with van der Waals surface area (Å²) in [5.74, 6) is 0.0791. The molecule has 0 bridgehead atoms. The van der Waals surface area contributed by atoms with Crippen LogP contribution in [-0.2, 0) is 4.74 Å². The summed E-state index contributed by atoms with van der Waals surface area (Å²) in [6.07, 6.45) is 1.55. The second-order valence-corrected chi connectivity index (χ2v) is 6.45. The van der Waals surface area contributed by atoms with E-state index in [1.54, 1.807) is 42.7 Å².